The van der Waals surface area contributed by atoms with Crippen LogP contribution in [-0.4, -0.2) is 53.1 Å². The zero-order valence-electron chi connectivity index (χ0n) is 12.4. The van der Waals surface area contributed by atoms with Crippen LogP contribution in [0.25, 0.3) is 0 Å². The van der Waals surface area contributed by atoms with E-state index in [9.17, 15) is 9.90 Å². The van der Waals surface area contributed by atoms with Gasteiger partial charge >= 0.3 is 0 Å². The van der Waals surface area contributed by atoms with E-state index in [1.807, 2.05) is 13.8 Å². The first kappa shape index (κ1) is 16.1. The van der Waals surface area contributed by atoms with E-state index in [0.29, 0.717) is 24.2 Å². The fourth-order valence-corrected chi connectivity index (χ4v) is 2.90. The van der Waals surface area contributed by atoms with Crippen LogP contribution in [0.1, 0.15) is 24.2 Å². The number of benzene rings is 1. The molecule has 1 amide bonds. The molecule has 1 aliphatic rings. The van der Waals surface area contributed by atoms with Crippen molar-refractivity contribution in [3.63, 3.8) is 0 Å². The van der Waals surface area contributed by atoms with Crippen LogP contribution in [0, 0.1) is 0 Å². The molecule has 116 valence electrons. The minimum atomic E-state index is -0.416. The Balaban J connectivity index is 2.27. The molecule has 2 rings (SSSR count). The maximum absolute atomic E-state index is 12.7. The number of phenolic OH excluding ortho intramolecular Hbond substituents is 1. The van der Waals surface area contributed by atoms with Crippen LogP contribution >= 0.6 is 15.9 Å². The number of carbonyl (C=O) groups is 1. The highest BCUT2D eigenvalue weighted by molar-refractivity contribution is 9.09. The summed E-state index contributed by atoms with van der Waals surface area (Å²) in [6.45, 7) is 4.87. The van der Waals surface area contributed by atoms with E-state index in [2.05, 4.69) is 15.9 Å². The first-order valence-corrected chi connectivity index (χ1v) is 7.89. The van der Waals surface area contributed by atoms with E-state index >= 15 is 0 Å². The topological polar surface area (TPSA) is 59.0 Å². The lowest BCUT2D eigenvalue weighted by Crippen LogP contribution is -2.55. The van der Waals surface area contributed by atoms with Crippen molar-refractivity contribution in [3.8, 4) is 11.5 Å². The average Bonchev–Trinajstić information content (AvgIpc) is 2.45. The number of hydrogen-bond acceptors (Lipinski definition) is 4. The van der Waals surface area contributed by atoms with E-state index in [0.717, 1.165) is 0 Å². The summed E-state index contributed by atoms with van der Waals surface area (Å²) in [4.78, 5) is 14.4. The van der Waals surface area contributed by atoms with Gasteiger partial charge in [0.05, 0.1) is 24.4 Å². The van der Waals surface area contributed by atoms with Gasteiger partial charge in [0.2, 0.25) is 0 Å². The molecule has 1 aromatic carbocycles. The molecule has 1 aliphatic heterocycles. The number of phenols is 1. The molecule has 21 heavy (non-hydrogen) atoms. The Morgan fingerprint density at radius 2 is 2.29 bits per heavy atom. The van der Waals surface area contributed by atoms with Crippen LogP contribution in [0.4, 0.5) is 0 Å². The summed E-state index contributed by atoms with van der Waals surface area (Å²) in [5, 5.41) is 10.8. The number of hydrogen-bond donors (Lipinski definition) is 1. The lowest BCUT2D eigenvalue weighted by molar-refractivity contribution is -0.116. The van der Waals surface area contributed by atoms with Gasteiger partial charge in [0.25, 0.3) is 5.91 Å². The molecular formula is C15H20BrNO4. The summed E-state index contributed by atoms with van der Waals surface area (Å²) < 4.78 is 10.9. The zero-order chi connectivity index (χ0) is 15.6. The van der Waals surface area contributed by atoms with E-state index < -0.39 is 5.60 Å². The molecule has 1 fully saturated rings. The lowest BCUT2D eigenvalue weighted by atomic mass is 10.0. The van der Waals surface area contributed by atoms with Crippen LogP contribution in [-0.2, 0) is 4.74 Å². The lowest BCUT2D eigenvalue weighted by Gasteiger charge is -2.42. The predicted molar refractivity (Wildman–Crippen MR) is 83.3 cm³/mol. The van der Waals surface area contributed by atoms with Crippen molar-refractivity contribution in [2.24, 2.45) is 0 Å². The Labute approximate surface area is 133 Å². The molecule has 0 bridgehead atoms. The van der Waals surface area contributed by atoms with Gasteiger partial charge in [-0.05, 0) is 26.0 Å². The molecule has 0 spiro atoms. The van der Waals surface area contributed by atoms with Crippen molar-refractivity contribution in [3.05, 3.63) is 23.8 Å². The summed E-state index contributed by atoms with van der Waals surface area (Å²) in [6, 6.07) is 4.92. The van der Waals surface area contributed by atoms with E-state index in [1.54, 1.807) is 23.1 Å². The highest BCUT2D eigenvalue weighted by Gasteiger charge is 2.36. The van der Waals surface area contributed by atoms with Crippen LogP contribution < -0.4 is 4.74 Å². The Morgan fingerprint density at radius 1 is 1.57 bits per heavy atom. The van der Waals surface area contributed by atoms with E-state index in [-0.39, 0.29) is 23.3 Å². The van der Waals surface area contributed by atoms with Gasteiger partial charge in [-0.2, -0.15) is 0 Å². The van der Waals surface area contributed by atoms with Crippen molar-refractivity contribution in [2.75, 3.05) is 25.5 Å². The molecule has 1 unspecified atom stereocenters. The molecule has 1 atom stereocenters. The van der Waals surface area contributed by atoms with Gasteiger partial charge in [0.1, 0.15) is 0 Å². The molecule has 6 heteroatoms. The minimum Gasteiger partial charge on any atom is -0.504 e. The van der Waals surface area contributed by atoms with Gasteiger partial charge in [0.15, 0.2) is 11.5 Å². The van der Waals surface area contributed by atoms with Crippen LogP contribution in [0.5, 0.6) is 11.5 Å². The third kappa shape index (κ3) is 3.49. The highest BCUT2D eigenvalue weighted by Crippen LogP contribution is 2.31. The molecule has 5 nitrogen and oxygen atoms in total. The van der Waals surface area contributed by atoms with Gasteiger partial charge in [0, 0.05) is 18.4 Å². The Bertz CT molecular complexity index is 532. The summed E-state index contributed by atoms with van der Waals surface area (Å²) >= 11 is 3.40. The fourth-order valence-electron chi connectivity index (χ4n) is 2.56. The maximum atomic E-state index is 12.7. The van der Waals surface area contributed by atoms with Crippen molar-refractivity contribution < 1.29 is 19.4 Å². The molecule has 0 radical (unpaired) electrons. The number of morpholine rings is 1. The van der Waals surface area contributed by atoms with Crippen molar-refractivity contribution in [1.82, 2.24) is 4.90 Å². The molecule has 0 saturated carbocycles. The first-order chi connectivity index (χ1) is 9.88. The quantitative estimate of drug-likeness (QED) is 0.844. The van der Waals surface area contributed by atoms with Crippen molar-refractivity contribution >= 4 is 21.8 Å². The number of amides is 1. The van der Waals surface area contributed by atoms with Gasteiger partial charge in [-0.15, -0.1) is 0 Å². The second-order valence-electron chi connectivity index (χ2n) is 5.70. The molecule has 1 N–H and O–H groups in total. The molecule has 0 aromatic heterocycles. The molecule has 1 saturated heterocycles. The molecule has 0 aliphatic carbocycles. The first-order valence-electron chi connectivity index (χ1n) is 6.77. The standard InChI is InChI=1S/C15H20BrNO4/c1-15(2)9-17(8-10(7-16)21-15)14(19)11-5-4-6-12(20-3)13(11)18/h4-6,10,18H,7-9H2,1-3H3. The van der Waals surface area contributed by atoms with Gasteiger partial charge in [-0.1, -0.05) is 22.0 Å². The smallest absolute Gasteiger partial charge is 0.257 e. The second-order valence-corrected chi connectivity index (χ2v) is 6.34. The Kier molecular flexibility index (Phi) is 4.78. The van der Waals surface area contributed by atoms with Gasteiger partial charge < -0.3 is 19.5 Å². The molecular weight excluding hydrogens is 338 g/mol. The monoisotopic (exact) mass is 357 g/mol. The average molecular weight is 358 g/mol. The number of aromatic hydroxyl groups is 1. The van der Waals surface area contributed by atoms with Crippen LogP contribution in [0.15, 0.2) is 18.2 Å². The Hall–Kier alpha value is -1.27. The number of ether oxygens (including phenoxy) is 2. The zero-order valence-corrected chi connectivity index (χ0v) is 14.0. The number of halogens is 1. The predicted octanol–water partition coefficient (Wildman–Crippen LogP) is 2.42. The van der Waals surface area contributed by atoms with E-state index in [4.69, 9.17) is 9.47 Å². The van der Waals surface area contributed by atoms with Crippen LogP contribution in [0.2, 0.25) is 0 Å². The minimum absolute atomic E-state index is 0.0644. The summed E-state index contributed by atoms with van der Waals surface area (Å²) in [7, 11) is 1.46. The molecule has 1 heterocycles. The second kappa shape index (κ2) is 6.23. The number of alkyl halides is 1. The summed E-state index contributed by atoms with van der Waals surface area (Å²) in [5.74, 6) is -0.0381. The third-order valence-electron chi connectivity index (χ3n) is 3.39. The normalized spacial score (nSPS) is 21.1. The molecule has 1 aromatic rings. The number of para-hydroxylation sites is 1. The highest BCUT2D eigenvalue weighted by atomic mass is 79.9. The number of rotatable bonds is 3. The third-order valence-corrected chi connectivity index (χ3v) is 4.11. The summed E-state index contributed by atoms with van der Waals surface area (Å²) in [6.07, 6.45) is -0.0644. The number of methoxy groups -OCH3 is 1. The van der Waals surface area contributed by atoms with Crippen LogP contribution in [0.3, 0.4) is 0 Å². The van der Waals surface area contributed by atoms with Crippen molar-refractivity contribution in [2.45, 2.75) is 25.6 Å². The maximum Gasteiger partial charge on any atom is 0.257 e. The van der Waals surface area contributed by atoms with Gasteiger partial charge in [-0.25, -0.2) is 0 Å². The van der Waals surface area contributed by atoms with E-state index in [1.165, 1.54) is 7.11 Å². The largest absolute Gasteiger partial charge is 0.504 e. The summed E-state index contributed by atoms with van der Waals surface area (Å²) in [5.41, 5.74) is -0.165. The van der Waals surface area contributed by atoms with Crippen molar-refractivity contribution in [1.29, 1.82) is 0 Å². The van der Waals surface area contributed by atoms with Gasteiger partial charge in [-0.3, -0.25) is 4.79 Å². The number of nitrogens with zero attached hydrogens (tertiary/aromatic N) is 1. The number of carbonyl (C=O) groups excluding carboxylic acids is 1. The SMILES string of the molecule is COc1cccc(C(=O)N2CC(CBr)OC(C)(C)C2)c1O. The fraction of sp³-hybridized carbons (Fsp3) is 0.533. The Morgan fingerprint density at radius 3 is 2.90 bits per heavy atom.